The molecule has 2 unspecified atom stereocenters. The highest BCUT2D eigenvalue weighted by Gasteiger charge is 2.33. The molecule has 2 fully saturated rings. The van der Waals surface area contributed by atoms with Gasteiger partial charge in [0, 0.05) is 19.5 Å². The average molecular weight is 169 g/mol. The Morgan fingerprint density at radius 1 is 1.67 bits per heavy atom. The number of carbonyl (C=O) groups excluding carboxylic acids is 1. The number of epoxide rings is 1. The van der Waals surface area contributed by atoms with Crippen molar-refractivity contribution < 1.29 is 9.53 Å². The Kier molecular flexibility index (Phi) is 2.05. The molecule has 2 atom stereocenters. The first-order chi connectivity index (χ1) is 5.79. The molecule has 12 heavy (non-hydrogen) atoms. The summed E-state index contributed by atoms with van der Waals surface area (Å²) in [5.41, 5.74) is 0. The highest BCUT2D eigenvalue weighted by atomic mass is 16.6. The summed E-state index contributed by atoms with van der Waals surface area (Å²) >= 11 is 0. The Balaban J connectivity index is 1.84. The second kappa shape index (κ2) is 3.05. The van der Waals surface area contributed by atoms with Gasteiger partial charge in [-0.2, -0.15) is 0 Å². The molecule has 0 saturated carbocycles. The zero-order chi connectivity index (χ0) is 8.55. The van der Waals surface area contributed by atoms with Crippen LogP contribution in [0.2, 0.25) is 0 Å². The molecule has 0 radical (unpaired) electrons. The third-order valence-electron chi connectivity index (χ3n) is 2.70. The van der Waals surface area contributed by atoms with Crippen LogP contribution in [0.5, 0.6) is 0 Å². The minimum atomic E-state index is 0.317. The predicted molar refractivity (Wildman–Crippen MR) is 44.7 cm³/mol. The highest BCUT2D eigenvalue weighted by molar-refractivity contribution is 5.78. The van der Waals surface area contributed by atoms with E-state index in [-0.39, 0.29) is 0 Å². The third kappa shape index (κ3) is 1.61. The van der Waals surface area contributed by atoms with Gasteiger partial charge >= 0.3 is 0 Å². The molecule has 0 aromatic heterocycles. The van der Waals surface area contributed by atoms with Crippen molar-refractivity contribution in [3.63, 3.8) is 0 Å². The van der Waals surface area contributed by atoms with Crippen molar-refractivity contribution in [2.24, 2.45) is 5.92 Å². The summed E-state index contributed by atoms with van der Waals surface area (Å²) in [6.07, 6.45) is 2.22. The number of amides is 1. The van der Waals surface area contributed by atoms with Crippen LogP contribution in [0.1, 0.15) is 19.8 Å². The Morgan fingerprint density at radius 2 is 2.42 bits per heavy atom. The van der Waals surface area contributed by atoms with E-state index in [0.29, 0.717) is 17.9 Å². The van der Waals surface area contributed by atoms with Crippen LogP contribution in [0, 0.1) is 5.92 Å². The fourth-order valence-electron chi connectivity index (χ4n) is 1.72. The Labute approximate surface area is 72.7 Å². The van der Waals surface area contributed by atoms with Crippen LogP contribution in [0.15, 0.2) is 0 Å². The van der Waals surface area contributed by atoms with E-state index in [4.69, 9.17) is 4.74 Å². The first-order valence-electron chi connectivity index (χ1n) is 4.69. The van der Waals surface area contributed by atoms with Gasteiger partial charge in [0.2, 0.25) is 5.91 Å². The minimum Gasteiger partial charge on any atom is -0.371 e. The average Bonchev–Trinajstić information content (AvgIpc) is 2.78. The fraction of sp³-hybridized carbons (Fsp3) is 0.889. The lowest BCUT2D eigenvalue weighted by Gasteiger charge is -2.14. The van der Waals surface area contributed by atoms with Crippen molar-refractivity contribution >= 4 is 5.91 Å². The van der Waals surface area contributed by atoms with Gasteiger partial charge in [-0.05, 0) is 5.92 Å². The topological polar surface area (TPSA) is 32.8 Å². The minimum absolute atomic E-state index is 0.317. The molecule has 1 amide bonds. The summed E-state index contributed by atoms with van der Waals surface area (Å²) in [7, 11) is 0. The molecular weight excluding hydrogens is 154 g/mol. The maximum absolute atomic E-state index is 11.4. The monoisotopic (exact) mass is 169 g/mol. The molecule has 0 N–H and O–H groups in total. The molecule has 2 rings (SSSR count). The molecule has 3 heteroatoms. The number of rotatable bonds is 3. The van der Waals surface area contributed by atoms with Crippen LogP contribution in [-0.4, -0.2) is 36.6 Å². The molecule has 0 bridgehead atoms. The second-order valence-corrected chi connectivity index (χ2v) is 3.73. The summed E-state index contributed by atoms with van der Waals surface area (Å²) in [6.45, 7) is 4.78. The third-order valence-corrected chi connectivity index (χ3v) is 2.70. The van der Waals surface area contributed by atoms with E-state index < -0.39 is 0 Å². The molecule has 0 aromatic carbocycles. The number of hydrogen-bond donors (Lipinski definition) is 0. The SMILES string of the molecule is CCC1CC(=O)N(CC2CO2)C1. The summed E-state index contributed by atoms with van der Waals surface area (Å²) < 4.78 is 5.09. The maximum atomic E-state index is 11.4. The normalized spacial score (nSPS) is 34.4. The number of likely N-dealkylation sites (tertiary alicyclic amines) is 1. The Bertz CT molecular complexity index is 189. The van der Waals surface area contributed by atoms with Gasteiger partial charge < -0.3 is 9.64 Å². The van der Waals surface area contributed by atoms with Gasteiger partial charge in [-0.15, -0.1) is 0 Å². The molecule has 68 valence electrons. The lowest BCUT2D eigenvalue weighted by atomic mass is 10.1. The molecule has 2 aliphatic heterocycles. The van der Waals surface area contributed by atoms with E-state index in [1.807, 2.05) is 4.90 Å². The van der Waals surface area contributed by atoms with E-state index >= 15 is 0 Å². The zero-order valence-electron chi connectivity index (χ0n) is 7.45. The van der Waals surface area contributed by atoms with E-state index in [2.05, 4.69) is 6.92 Å². The number of hydrogen-bond acceptors (Lipinski definition) is 2. The first-order valence-corrected chi connectivity index (χ1v) is 4.69. The van der Waals surface area contributed by atoms with Gasteiger partial charge in [0.1, 0.15) is 0 Å². The molecule has 2 saturated heterocycles. The highest BCUT2D eigenvalue weighted by Crippen LogP contribution is 2.22. The van der Waals surface area contributed by atoms with Crippen LogP contribution in [0.25, 0.3) is 0 Å². The second-order valence-electron chi connectivity index (χ2n) is 3.73. The predicted octanol–water partition coefficient (Wildman–Crippen LogP) is 0.644. The van der Waals surface area contributed by atoms with Crippen molar-refractivity contribution in [1.29, 1.82) is 0 Å². The van der Waals surface area contributed by atoms with Crippen molar-refractivity contribution in [2.45, 2.75) is 25.9 Å². The summed E-state index contributed by atoms with van der Waals surface area (Å²) in [4.78, 5) is 13.3. The van der Waals surface area contributed by atoms with Crippen molar-refractivity contribution in [3.8, 4) is 0 Å². The van der Waals surface area contributed by atoms with Gasteiger partial charge in [0.05, 0.1) is 12.7 Å². The Morgan fingerprint density at radius 3 is 2.92 bits per heavy atom. The lowest BCUT2D eigenvalue weighted by Crippen LogP contribution is -2.29. The van der Waals surface area contributed by atoms with Crippen LogP contribution in [-0.2, 0) is 9.53 Å². The van der Waals surface area contributed by atoms with Crippen LogP contribution in [0.4, 0.5) is 0 Å². The van der Waals surface area contributed by atoms with E-state index in [0.717, 1.165) is 32.5 Å². The quantitative estimate of drug-likeness (QED) is 0.581. The molecule has 3 nitrogen and oxygen atoms in total. The maximum Gasteiger partial charge on any atom is 0.223 e. The van der Waals surface area contributed by atoms with Crippen molar-refractivity contribution in [1.82, 2.24) is 4.90 Å². The van der Waals surface area contributed by atoms with Crippen molar-refractivity contribution in [3.05, 3.63) is 0 Å². The van der Waals surface area contributed by atoms with Gasteiger partial charge in [0.25, 0.3) is 0 Å². The summed E-state index contributed by atoms with van der Waals surface area (Å²) in [6, 6.07) is 0. The van der Waals surface area contributed by atoms with Gasteiger partial charge in [-0.25, -0.2) is 0 Å². The molecular formula is C9H15NO2. The molecule has 2 aliphatic rings. The Hall–Kier alpha value is -0.570. The zero-order valence-corrected chi connectivity index (χ0v) is 7.45. The van der Waals surface area contributed by atoms with E-state index in [9.17, 15) is 4.79 Å². The number of ether oxygens (including phenoxy) is 1. The molecule has 0 aromatic rings. The lowest BCUT2D eigenvalue weighted by molar-refractivity contribution is -0.127. The van der Waals surface area contributed by atoms with Gasteiger partial charge in [0.15, 0.2) is 0 Å². The standard InChI is InChI=1S/C9H15NO2/c1-2-7-3-9(11)10(4-7)5-8-6-12-8/h7-8H,2-6H2,1H3. The van der Waals surface area contributed by atoms with Gasteiger partial charge in [-0.1, -0.05) is 13.3 Å². The van der Waals surface area contributed by atoms with Crippen LogP contribution < -0.4 is 0 Å². The summed E-state index contributed by atoms with van der Waals surface area (Å²) in [5, 5.41) is 0. The van der Waals surface area contributed by atoms with Crippen LogP contribution >= 0.6 is 0 Å². The van der Waals surface area contributed by atoms with Crippen molar-refractivity contribution in [2.75, 3.05) is 19.7 Å². The molecule has 2 heterocycles. The molecule has 0 aliphatic carbocycles. The molecule has 0 spiro atoms. The first kappa shape index (κ1) is 8.05. The fourth-order valence-corrected chi connectivity index (χ4v) is 1.72. The number of nitrogens with zero attached hydrogens (tertiary/aromatic N) is 1. The smallest absolute Gasteiger partial charge is 0.223 e. The largest absolute Gasteiger partial charge is 0.371 e. The van der Waals surface area contributed by atoms with Crippen LogP contribution in [0.3, 0.4) is 0 Å². The van der Waals surface area contributed by atoms with E-state index in [1.165, 1.54) is 0 Å². The van der Waals surface area contributed by atoms with E-state index in [1.54, 1.807) is 0 Å². The summed E-state index contributed by atoms with van der Waals surface area (Å²) in [5.74, 6) is 0.911. The van der Waals surface area contributed by atoms with Gasteiger partial charge in [-0.3, -0.25) is 4.79 Å². The number of carbonyl (C=O) groups is 1.